The number of rotatable bonds is 4. The molecule has 2 heterocycles. The average Bonchev–Trinajstić information content (AvgIpc) is 2.62. The Morgan fingerprint density at radius 3 is 2.90 bits per heavy atom. The van der Waals surface area contributed by atoms with Crippen molar-refractivity contribution in [3.8, 4) is 0 Å². The summed E-state index contributed by atoms with van der Waals surface area (Å²) in [6.07, 6.45) is -2.64. The zero-order valence-electron chi connectivity index (χ0n) is 10.9. The molecular weight excluding hydrogens is 305 g/mol. The highest BCUT2D eigenvalue weighted by Gasteiger charge is 2.59. The van der Waals surface area contributed by atoms with E-state index in [2.05, 4.69) is 4.98 Å². The summed E-state index contributed by atoms with van der Waals surface area (Å²) < 4.78 is 21.9. The molecule has 0 spiro atoms. The number of nitrogens with zero attached hydrogens (tertiary/aromatic N) is 2. The van der Waals surface area contributed by atoms with Gasteiger partial charge in [-0.1, -0.05) is 0 Å². The third-order valence-electron chi connectivity index (χ3n) is 3.29. The smallest absolute Gasteiger partial charge is 0.489 e. The molecular formula is C10H14N3O7P. The number of nitrogens with two attached hydrogens (primary N) is 1. The van der Waals surface area contributed by atoms with Gasteiger partial charge in [0.05, 0.1) is 6.61 Å². The number of hydrogen-bond acceptors (Lipinski definition) is 9. The largest absolute Gasteiger partial charge is 0.566 e. The molecule has 0 radical (unpaired) electrons. The van der Waals surface area contributed by atoms with Crippen LogP contribution in [0.25, 0.3) is 0 Å². The van der Waals surface area contributed by atoms with Gasteiger partial charge < -0.3 is 25.6 Å². The zero-order valence-corrected chi connectivity index (χ0v) is 11.8. The molecule has 1 aromatic rings. The van der Waals surface area contributed by atoms with Gasteiger partial charge in [-0.25, -0.2) is 4.79 Å². The maximum absolute atomic E-state index is 11.8. The van der Waals surface area contributed by atoms with Gasteiger partial charge in [0.1, 0.15) is 18.0 Å². The van der Waals surface area contributed by atoms with Crippen LogP contribution in [0.15, 0.2) is 17.1 Å². The molecule has 1 aliphatic heterocycles. The number of anilines is 1. The van der Waals surface area contributed by atoms with E-state index in [1.54, 1.807) is 0 Å². The lowest BCUT2D eigenvalue weighted by atomic mass is 9.96. The van der Waals surface area contributed by atoms with E-state index in [9.17, 15) is 19.4 Å². The van der Waals surface area contributed by atoms with Crippen LogP contribution in [-0.2, 0) is 13.8 Å². The highest BCUT2D eigenvalue weighted by molar-refractivity contribution is 7.30. The molecule has 21 heavy (non-hydrogen) atoms. The predicted molar refractivity (Wildman–Crippen MR) is 67.0 cm³/mol. The minimum atomic E-state index is -3.33. The highest BCUT2D eigenvalue weighted by Crippen LogP contribution is 2.43. The second-order valence-electron chi connectivity index (χ2n) is 4.70. The normalized spacial score (nSPS) is 33.1. The van der Waals surface area contributed by atoms with Crippen LogP contribution in [0.3, 0.4) is 0 Å². The van der Waals surface area contributed by atoms with Crippen molar-refractivity contribution in [3.63, 3.8) is 0 Å². The van der Waals surface area contributed by atoms with E-state index in [-0.39, 0.29) is 5.82 Å². The van der Waals surface area contributed by atoms with Gasteiger partial charge >= 0.3 is 13.9 Å². The molecule has 0 bridgehead atoms. The number of ether oxygens (including phenoxy) is 1. The van der Waals surface area contributed by atoms with Crippen LogP contribution in [0.2, 0.25) is 0 Å². The molecule has 5 atom stereocenters. The first-order chi connectivity index (χ1) is 9.79. The third kappa shape index (κ3) is 2.82. The number of nitrogen functional groups attached to an aromatic ring is 1. The van der Waals surface area contributed by atoms with Crippen molar-refractivity contribution < 1.29 is 28.9 Å². The first kappa shape index (κ1) is 16.0. The van der Waals surface area contributed by atoms with Gasteiger partial charge in [0.2, 0.25) is 0 Å². The number of aliphatic hydroxyl groups excluding tert-OH is 2. The van der Waals surface area contributed by atoms with Crippen LogP contribution in [0.4, 0.5) is 5.82 Å². The summed E-state index contributed by atoms with van der Waals surface area (Å²) in [6.45, 7) is 0.676. The van der Waals surface area contributed by atoms with Crippen LogP contribution >= 0.6 is 8.25 Å². The molecule has 1 fully saturated rings. The summed E-state index contributed by atoms with van der Waals surface area (Å²) in [5.41, 5.74) is 2.78. The summed E-state index contributed by atoms with van der Waals surface area (Å²) in [7, 11) is -3.33. The van der Waals surface area contributed by atoms with Gasteiger partial charge in [-0.3, -0.25) is 4.57 Å². The fraction of sp³-hybridized carbons (Fsp3) is 0.600. The molecule has 11 heteroatoms. The van der Waals surface area contributed by atoms with Gasteiger partial charge in [-0.15, -0.1) is 4.52 Å². The van der Waals surface area contributed by atoms with E-state index in [1.807, 2.05) is 0 Å². The molecule has 1 unspecified atom stereocenters. The number of hydrogen-bond donors (Lipinski definition) is 3. The summed E-state index contributed by atoms with van der Waals surface area (Å²) in [6, 6.07) is 1.31. The predicted octanol–water partition coefficient (Wildman–Crippen LogP) is -2.13. The molecule has 4 N–H and O–H groups in total. The lowest BCUT2D eigenvalue weighted by Gasteiger charge is -2.27. The van der Waals surface area contributed by atoms with E-state index in [0.717, 1.165) is 4.57 Å². The molecule has 1 saturated heterocycles. The first-order valence-electron chi connectivity index (χ1n) is 5.92. The van der Waals surface area contributed by atoms with Crippen molar-refractivity contribution in [1.82, 2.24) is 9.55 Å². The average molecular weight is 319 g/mol. The maximum atomic E-state index is 11.8. The Labute approximate surface area is 119 Å². The second kappa shape index (κ2) is 5.76. The van der Waals surface area contributed by atoms with Crippen molar-refractivity contribution in [2.75, 3.05) is 12.3 Å². The molecule has 1 aromatic heterocycles. The zero-order chi connectivity index (χ0) is 15.8. The minimum absolute atomic E-state index is 0.0222. The standard InChI is InChI=1S/C10H14N3O7P/c1-10(20-21(17)18)7(15)5(4-14)19-8(10)13-3-2-6(11)12-9(13)16/h2-3,5,7-8,14-15H,4H2,1H3,(H2,11,12,16)/t5-,7-,8-,10-/m1/s1. The van der Waals surface area contributed by atoms with Crippen LogP contribution in [0.1, 0.15) is 13.2 Å². The van der Waals surface area contributed by atoms with Crippen molar-refractivity contribution in [3.05, 3.63) is 22.7 Å². The van der Waals surface area contributed by atoms with Crippen molar-refractivity contribution in [2.45, 2.75) is 31.0 Å². The molecule has 116 valence electrons. The Morgan fingerprint density at radius 2 is 2.38 bits per heavy atom. The molecule has 2 rings (SSSR count). The molecule has 1 aliphatic rings. The SMILES string of the molecule is C[C@@]1(O[P+](=O)[O-])[C@H](O)[C@@H](CO)O[C@H]1n1ccc(N)nc1=O. The molecule has 0 aromatic carbocycles. The molecule has 10 nitrogen and oxygen atoms in total. The highest BCUT2D eigenvalue weighted by atomic mass is 31.1. The van der Waals surface area contributed by atoms with Crippen LogP contribution in [-0.4, -0.2) is 44.2 Å². The molecule has 0 saturated carbocycles. The summed E-state index contributed by atoms with van der Waals surface area (Å²) in [4.78, 5) is 26.2. The first-order valence-corrected chi connectivity index (χ1v) is 7.01. The second-order valence-corrected chi connectivity index (χ2v) is 5.33. The van der Waals surface area contributed by atoms with Crippen molar-refractivity contribution in [1.29, 1.82) is 0 Å². The Balaban J connectivity index is 2.48. The van der Waals surface area contributed by atoms with Gasteiger partial charge in [-0.2, -0.15) is 4.98 Å². The Morgan fingerprint density at radius 1 is 1.71 bits per heavy atom. The number of aliphatic hydroxyl groups is 2. The van der Waals surface area contributed by atoms with Crippen LogP contribution in [0.5, 0.6) is 0 Å². The topological polar surface area (TPSA) is 160 Å². The Kier molecular flexibility index (Phi) is 4.38. The fourth-order valence-electron chi connectivity index (χ4n) is 2.24. The van der Waals surface area contributed by atoms with E-state index < -0.39 is 44.6 Å². The Bertz CT molecular complexity index is 609. The number of aromatic nitrogens is 2. The van der Waals surface area contributed by atoms with Crippen molar-refractivity contribution in [2.24, 2.45) is 0 Å². The third-order valence-corrected chi connectivity index (χ3v) is 3.83. The molecule has 0 amide bonds. The van der Waals surface area contributed by atoms with Crippen LogP contribution < -0.4 is 16.3 Å². The summed E-state index contributed by atoms with van der Waals surface area (Å²) >= 11 is 0. The maximum Gasteiger partial charge on any atom is 0.489 e. The van der Waals surface area contributed by atoms with E-state index >= 15 is 0 Å². The van der Waals surface area contributed by atoms with Crippen molar-refractivity contribution >= 4 is 14.1 Å². The van der Waals surface area contributed by atoms with Gasteiger partial charge in [0.25, 0.3) is 0 Å². The lowest BCUT2D eigenvalue weighted by Crippen LogP contribution is -2.47. The van der Waals surface area contributed by atoms with Gasteiger partial charge in [-0.05, 0) is 17.6 Å². The fourth-order valence-corrected chi connectivity index (χ4v) is 2.76. The van der Waals surface area contributed by atoms with Gasteiger partial charge in [0, 0.05) is 6.20 Å². The summed E-state index contributed by atoms with van der Waals surface area (Å²) in [5, 5.41) is 19.3. The monoisotopic (exact) mass is 319 g/mol. The van der Waals surface area contributed by atoms with E-state index in [1.165, 1.54) is 19.2 Å². The van der Waals surface area contributed by atoms with Gasteiger partial charge in [0.15, 0.2) is 11.8 Å². The van der Waals surface area contributed by atoms with E-state index in [4.69, 9.17) is 20.1 Å². The Hall–Kier alpha value is -1.42. The quantitative estimate of drug-likeness (QED) is 0.526. The molecule has 0 aliphatic carbocycles. The summed E-state index contributed by atoms with van der Waals surface area (Å²) in [5.74, 6) is -0.0222. The lowest BCUT2D eigenvalue weighted by molar-refractivity contribution is -0.206. The minimum Gasteiger partial charge on any atom is -0.566 e. The van der Waals surface area contributed by atoms with Crippen LogP contribution in [0, 0.1) is 0 Å². The van der Waals surface area contributed by atoms with E-state index in [0.29, 0.717) is 0 Å².